The summed E-state index contributed by atoms with van der Waals surface area (Å²) in [7, 11) is 0. The summed E-state index contributed by atoms with van der Waals surface area (Å²) in [5.74, 6) is 0.927. The molecule has 2 fully saturated rings. The minimum atomic E-state index is 0.638. The van der Waals surface area contributed by atoms with Crippen LogP contribution >= 0.6 is 0 Å². The molecule has 0 aromatic carbocycles. The zero-order valence-electron chi connectivity index (χ0n) is 5.97. The Labute approximate surface area is 56.4 Å². The quantitative estimate of drug-likeness (QED) is 0.482. The van der Waals surface area contributed by atoms with Crippen molar-refractivity contribution in [2.45, 2.75) is 44.8 Å². The van der Waals surface area contributed by atoms with Gasteiger partial charge in [-0.3, -0.25) is 0 Å². The van der Waals surface area contributed by atoms with Crippen molar-refractivity contribution >= 4 is 0 Å². The monoisotopic (exact) mass is 126 g/mol. The summed E-state index contributed by atoms with van der Waals surface area (Å²) in [5, 5.41) is 0. The highest BCUT2D eigenvalue weighted by atomic mass is 16.5. The molecule has 0 saturated carbocycles. The minimum absolute atomic E-state index is 0.638. The number of ether oxygens (including phenoxy) is 1. The van der Waals surface area contributed by atoms with E-state index in [0.29, 0.717) is 12.2 Å². The molecule has 9 heavy (non-hydrogen) atoms. The average molecular weight is 126 g/mol. The third kappa shape index (κ3) is 0.983. The van der Waals surface area contributed by atoms with E-state index in [1.807, 2.05) is 0 Å². The van der Waals surface area contributed by atoms with Gasteiger partial charge in [-0.1, -0.05) is 6.92 Å². The molecule has 0 spiro atoms. The van der Waals surface area contributed by atoms with Crippen LogP contribution in [0.4, 0.5) is 0 Å². The maximum atomic E-state index is 5.67. The van der Waals surface area contributed by atoms with Crippen molar-refractivity contribution < 1.29 is 4.74 Å². The Balaban J connectivity index is 2.03. The van der Waals surface area contributed by atoms with Crippen LogP contribution in [0.5, 0.6) is 0 Å². The fraction of sp³-hybridized carbons (Fsp3) is 1.00. The van der Waals surface area contributed by atoms with Gasteiger partial charge < -0.3 is 4.74 Å². The number of hydrogen-bond donors (Lipinski definition) is 0. The predicted molar refractivity (Wildman–Crippen MR) is 36.3 cm³/mol. The zero-order valence-corrected chi connectivity index (χ0v) is 5.97. The number of rotatable bonds is 0. The Hall–Kier alpha value is -0.0400. The highest BCUT2D eigenvalue weighted by molar-refractivity contribution is 4.82. The topological polar surface area (TPSA) is 9.23 Å². The SMILES string of the molecule is CC1CC2CC[C@H](C1)O2. The van der Waals surface area contributed by atoms with Gasteiger partial charge in [0, 0.05) is 0 Å². The van der Waals surface area contributed by atoms with Gasteiger partial charge in [0.15, 0.2) is 0 Å². The lowest BCUT2D eigenvalue weighted by Crippen LogP contribution is -2.22. The molecule has 0 amide bonds. The van der Waals surface area contributed by atoms with Crippen molar-refractivity contribution in [2.75, 3.05) is 0 Å². The van der Waals surface area contributed by atoms with E-state index < -0.39 is 0 Å². The van der Waals surface area contributed by atoms with Crippen molar-refractivity contribution in [3.05, 3.63) is 0 Å². The molecule has 1 heteroatoms. The van der Waals surface area contributed by atoms with Gasteiger partial charge in [0.05, 0.1) is 12.2 Å². The first kappa shape index (κ1) is 5.72. The third-order valence-electron chi connectivity index (χ3n) is 2.53. The second-order valence-corrected chi connectivity index (χ2v) is 3.53. The smallest absolute Gasteiger partial charge is 0.0582 e. The van der Waals surface area contributed by atoms with Gasteiger partial charge in [0.25, 0.3) is 0 Å². The Morgan fingerprint density at radius 2 is 1.67 bits per heavy atom. The summed E-state index contributed by atoms with van der Waals surface area (Å²) in [6.07, 6.45) is 6.56. The second-order valence-electron chi connectivity index (χ2n) is 3.53. The molecule has 0 N–H and O–H groups in total. The maximum Gasteiger partial charge on any atom is 0.0582 e. The molecule has 2 bridgehead atoms. The lowest BCUT2D eigenvalue weighted by Gasteiger charge is -2.25. The summed E-state index contributed by atoms with van der Waals surface area (Å²) >= 11 is 0. The molecular weight excluding hydrogens is 112 g/mol. The van der Waals surface area contributed by atoms with Crippen LogP contribution < -0.4 is 0 Å². The van der Waals surface area contributed by atoms with Crippen LogP contribution in [0.25, 0.3) is 0 Å². The van der Waals surface area contributed by atoms with Crippen LogP contribution in [0.1, 0.15) is 32.6 Å². The van der Waals surface area contributed by atoms with E-state index in [1.165, 1.54) is 25.7 Å². The summed E-state index contributed by atoms with van der Waals surface area (Å²) in [4.78, 5) is 0. The molecule has 2 aliphatic heterocycles. The highest BCUT2D eigenvalue weighted by Gasteiger charge is 2.32. The van der Waals surface area contributed by atoms with Crippen LogP contribution in [0.3, 0.4) is 0 Å². The first-order chi connectivity index (χ1) is 4.34. The van der Waals surface area contributed by atoms with Gasteiger partial charge >= 0.3 is 0 Å². The van der Waals surface area contributed by atoms with E-state index in [9.17, 15) is 0 Å². The molecule has 1 nitrogen and oxygen atoms in total. The van der Waals surface area contributed by atoms with Crippen molar-refractivity contribution in [3.63, 3.8) is 0 Å². The van der Waals surface area contributed by atoms with E-state index in [2.05, 4.69) is 6.92 Å². The van der Waals surface area contributed by atoms with Gasteiger partial charge in [-0.15, -0.1) is 0 Å². The van der Waals surface area contributed by atoms with E-state index in [0.717, 1.165) is 5.92 Å². The Bertz CT molecular complexity index is 99.1. The summed E-state index contributed by atoms with van der Waals surface area (Å²) < 4.78 is 5.67. The molecule has 0 aliphatic carbocycles. The van der Waals surface area contributed by atoms with E-state index in [1.54, 1.807) is 0 Å². The Morgan fingerprint density at radius 1 is 1.11 bits per heavy atom. The van der Waals surface area contributed by atoms with Crippen molar-refractivity contribution in [2.24, 2.45) is 5.92 Å². The summed E-state index contributed by atoms with van der Waals surface area (Å²) in [6, 6.07) is 0. The first-order valence-corrected chi connectivity index (χ1v) is 4.00. The molecule has 2 aliphatic rings. The fourth-order valence-electron chi connectivity index (χ4n) is 2.12. The first-order valence-electron chi connectivity index (χ1n) is 4.00. The van der Waals surface area contributed by atoms with E-state index in [4.69, 9.17) is 4.74 Å². The molecule has 2 saturated heterocycles. The molecule has 2 rings (SSSR count). The summed E-state index contributed by atoms with van der Waals surface area (Å²) in [6.45, 7) is 2.34. The van der Waals surface area contributed by atoms with Gasteiger partial charge in [-0.2, -0.15) is 0 Å². The molecule has 0 radical (unpaired) electrons. The van der Waals surface area contributed by atoms with Crippen molar-refractivity contribution in [1.82, 2.24) is 0 Å². The van der Waals surface area contributed by atoms with Gasteiger partial charge in [-0.25, -0.2) is 0 Å². The minimum Gasteiger partial charge on any atom is -0.375 e. The zero-order chi connectivity index (χ0) is 6.27. The van der Waals surface area contributed by atoms with Crippen LogP contribution in [0.15, 0.2) is 0 Å². The van der Waals surface area contributed by atoms with Crippen molar-refractivity contribution in [3.8, 4) is 0 Å². The standard InChI is InChI=1S/C8H14O/c1-6-4-7-2-3-8(5-6)9-7/h6-8H,2-5H2,1H3/t6?,7-,8?/m1/s1. The van der Waals surface area contributed by atoms with Gasteiger partial charge in [0.2, 0.25) is 0 Å². The molecule has 0 aromatic heterocycles. The van der Waals surface area contributed by atoms with E-state index >= 15 is 0 Å². The van der Waals surface area contributed by atoms with Gasteiger partial charge in [-0.05, 0) is 31.6 Å². The molecular formula is C8H14O. The lowest BCUT2D eigenvalue weighted by molar-refractivity contribution is -0.0152. The second kappa shape index (κ2) is 1.98. The Morgan fingerprint density at radius 3 is 2.22 bits per heavy atom. The van der Waals surface area contributed by atoms with Gasteiger partial charge in [0.1, 0.15) is 0 Å². The molecule has 2 heterocycles. The molecule has 0 aromatic rings. The van der Waals surface area contributed by atoms with Crippen LogP contribution in [-0.4, -0.2) is 12.2 Å². The predicted octanol–water partition coefficient (Wildman–Crippen LogP) is 1.96. The molecule has 2 unspecified atom stereocenters. The fourth-order valence-corrected chi connectivity index (χ4v) is 2.12. The molecule has 52 valence electrons. The maximum absolute atomic E-state index is 5.67. The number of hydrogen-bond acceptors (Lipinski definition) is 1. The van der Waals surface area contributed by atoms with Crippen LogP contribution in [-0.2, 0) is 4.74 Å². The summed E-state index contributed by atoms with van der Waals surface area (Å²) in [5.41, 5.74) is 0. The average Bonchev–Trinajstić information content (AvgIpc) is 2.11. The van der Waals surface area contributed by atoms with Crippen LogP contribution in [0, 0.1) is 5.92 Å². The lowest BCUT2D eigenvalue weighted by atomic mass is 9.98. The largest absolute Gasteiger partial charge is 0.375 e. The van der Waals surface area contributed by atoms with E-state index in [-0.39, 0.29) is 0 Å². The highest BCUT2D eigenvalue weighted by Crippen LogP contribution is 2.35. The normalized spacial score (nSPS) is 49.7. The van der Waals surface area contributed by atoms with Crippen molar-refractivity contribution in [1.29, 1.82) is 0 Å². The van der Waals surface area contributed by atoms with Crippen LogP contribution in [0.2, 0.25) is 0 Å². The molecule has 3 atom stereocenters. The third-order valence-corrected chi connectivity index (χ3v) is 2.53. The number of fused-ring (bicyclic) bond motifs is 2. The Kier molecular flexibility index (Phi) is 1.26.